The predicted molar refractivity (Wildman–Crippen MR) is 89.7 cm³/mol. The molecule has 1 aromatic carbocycles. The van der Waals surface area contributed by atoms with E-state index in [4.69, 9.17) is 0 Å². The Kier molecular flexibility index (Phi) is 5.05. The Balaban J connectivity index is 1.59. The zero-order valence-electron chi connectivity index (χ0n) is 13.5. The van der Waals surface area contributed by atoms with Gasteiger partial charge >= 0.3 is 0 Å². The number of carbonyl (C=O) groups excluding carboxylic acids is 1. The fraction of sp³-hybridized carbons (Fsp3) is 0.611. The van der Waals surface area contributed by atoms with Crippen LogP contribution in [0.3, 0.4) is 0 Å². The van der Waals surface area contributed by atoms with Crippen molar-refractivity contribution in [1.82, 2.24) is 5.32 Å². The van der Waals surface area contributed by atoms with E-state index in [0.717, 1.165) is 56.9 Å². The van der Waals surface area contributed by atoms with Crippen LogP contribution in [-0.2, 0) is 21.2 Å². The molecular weight excluding hydrogens is 310 g/mol. The highest BCUT2D eigenvalue weighted by atomic mass is 32.2. The molecule has 4 nitrogen and oxygen atoms in total. The number of carbonyl (C=O) groups is 1. The summed E-state index contributed by atoms with van der Waals surface area (Å²) in [5.41, 5.74) is 0.946. The van der Waals surface area contributed by atoms with Crippen LogP contribution in [0.25, 0.3) is 0 Å². The van der Waals surface area contributed by atoms with Crippen LogP contribution in [0, 0.1) is 5.92 Å². The number of hydrogen-bond donors (Lipinski definition) is 1. The van der Waals surface area contributed by atoms with Crippen LogP contribution in [0.2, 0.25) is 0 Å². The van der Waals surface area contributed by atoms with Gasteiger partial charge in [-0.3, -0.25) is 4.79 Å². The second kappa shape index (κ2) is 7.04. The number of rotatable bonds is 5. The lowest BCUT2D eigenvalue weighted by Crippen LogP contribution is -2.28. The first-order valence-corrected chi connectivity index (χ1v) is 10.2. The minimum atomic E-state index is -3.19. The molecule has 2 aliphatic rings. The highest BCUT2D eigenvalue weighted by molar-refractivity contribution is 7.92. The second-order valence-electron chi connectivity index (χ2n) is 6.79. The van der Waals surface area contributed by atoms with E-state index >= 15 is 0 Å². The van der Waals surface area contributed by atoms with E-state index in [-0.39, 0.29) is 17.1 Å². The lowest BCUT2D eigenvalue weighted by molar-refractivity contribution is -0.124. The standard InChI is InChI=1S/C18H25NO3S/c20-18(15-5-1-2-6-15)19-13-14-9-11-17(12-10-14)23(21,22)16-7-3-4-8-16/h9-12,15-16H,1-8,13H2,(H,19,20). The van der Waals surface area contributed by atoms with Gasteiger partial charge in [-0.05, 0) is 43.4 Å². The summed E-state index contributed by atoms with van der Waals surface area (Å²) in [5, 5.41) is 2.75. The van der Waals surface area contributed by atoms with Gasteiger partial charge < -0.3 is 5.32 Å². The topological polar surface area (TPSA) is 63.2 Å². The van der Waals surface area contributed by atoms with Crippen LogP contribution in [0.5, 0.6) is 0 Å². The Bertz CT molecular complexity index is 639. The number of hydrogen-bond acceptors (Lipinski definition) is 3. The lowest BCUT2D eigenvalue weighted by atomic mass is 10.1. The van der Waals surface area contributed by atoms with Crippen molar-refractivity contribution in [3.63, 3.8) is 0 Å². The Labute approximate surface area is 138 Å². The number of benzene rings is 1. The SMILES string of the molecule is O=C(NCc1ccc(S(=O)(=O)C2CCCC2)cc1)C1CCCC1. The monoisotopic (exact) mass is 335 g/mol. The fourth-order valence-corrected chi connectivity index (χ4v) is 5.56. The van der Waals surface area contributed by atoms with Crippen LogP contribution >= 0.6 is 0 Å². The molecule has 0 heterocycles. The van der Waals surface area contributed by atoms with Crippen LogP contribution in [0.15, 0.2) is 29.2 Å². The van der Waals surface area contributed by atoms with Crippen LogP contribution in [0.4, 0.5) is 0 Å². The van der Waals surface area contributed by atoms with Crippen molar-refractivity contribution >= 4 is 15.7 Å². The van der Waals surface area contributed by atoms with Crippen molar-refractivity contribution in [2.75, 3.05) is 0 Å². The Morgan fingerprint density at radius 1 is 0.957 bits per heavy atom. The van der Waals surface area contributed by atoms with Crippen molar-refractivity contribution in [2.24, 2.45) is 5.92 Å². The van der Waals surface area contributed by atoms with Gasteiger partial charge in [0.25, 0.3) is 0 Å². The van der Waals surface area contributed by atoms with E-state index < -0.39 is 9.84 Å². The predicted octanol–water partition coefficient (Wildman–Crippen LogP) is 3.21. The molecule has 0 bridgehead atoms. The first-order chi connectivity index (χ1) is 11.1. The maximum absolute atomic E-state index is 12.5. The van der Waals surface area contributed by atoms with E-state index in [1.807, 2.05) is 12.1 Å². The van der Waals surface area contributed by atoms with Crippen molar-refractivity contribution in [1.29, 1.82) is 0 Å². The number of sulfone groups is 1. The minimum Gasteiger partial charge on any atom is -0.352 e. The maximum Gasteiger partial charge on any atom is 0.223 e. The van der Waals surface area contributed by atoms with Crippen molar-refractivity contribution in [3.05, 3.63) is 29.8 Å². The molecule has 5 heteroatoms. The van der Waals surface area contributed by atoms with Gasteiger partial charge in [0.05, 0.1) is 10.1 Å². The summed E-state index contributed by atoms with van der Waals surface area (Å²) >= 11 is 0. The summed E-state index contributed by atoms with van der Waals surface area (Å²) in [5.74, 6) is 0.294. The first-order valence-electron chi connectivity index (χ1n) is 8.68. The largest absolute Gasteiger partial charge is 0.352 e. The Morgan fingerprint density at radius 2 is 1.52 bits per heavy atom. The fourth-order valence-electron chi connectivity index (χ4n) is 3.71. The van der Waals surface area contributed by atoms with Crippen molar-refractivity contribution < 1.29 is 13.2 Å². The van der Waals surface area contributed by atoms with Gasteiger partial charge in [-0.15, -0.1) is 0 Å². The molecule has 0 spiro atoms. The van der Waals surface area contributed by atoms with E-state index in [0.29, 0.717) is 11.4 Å². The molecule has 23 heavy (non-hydrogen) atoms. The molecule has 2 fully saturated rings. The van der Waals surface area contributed by atoms with Crippen LogP contribution < -0.4 is 5.32 Å². The van der Waals surface area contributed by atoms with Gasteiger partial charge in [-0.25, -0.2) is 8.42 Å². The van der Waals surface area contributed by atoms with Crippen LogP contribution in [0.1, 0.15) is 56.9 Å². The molecule has 2 aliphatic carbocycles. The minimum absolute atomic E-state index is 0.130. The first kappa shape index (κ1) is 16.5. The molecule has 0 saturated heterocycles. The third-order valence-corrected chi connectivity index (χ3v) is 7.46. The van der Waals surface area contributed by atoms with E-state index in [1.165, 1.54) is 0 Å². The molecule has 2 saturated carbocycles. The second-order valence-corrected chi connectivity index (χ2v) is 9.02. The molecule has 0 unspecified atom stereocenters. The molecule has 1 aromatic rings. The molecule has 0 aliphatic heterocycles. The van der Waals surface area contributed by atoms with E-state index in [2.05, 4.69) is 5.32 Å². The molecule has 1 amide bonds. The molecule has 0 aromatic heterocycles. The number of amides is 1. The Hall–Kier alpha value is -1.36. The third-order valence-electron chi connectivity index (χ3n) is 5.19. The quantitative estimate of drug-likeness (QED) is 0.898. The van der Waals surface area contributed by atoms with E-state index in [9.17, 15) is 13.2 Å². The normalized spacial score (nSPS) is 20.0. The van der Waals surface area contributed by atoms with Gasteiger partial charge in [0.1, 0.15) is 0 Å². The number of nitrogens with one attached hydrogen (secondary N) is 1. The molecular formula is C18H25NO3S. The maximum atomic E-state index is 12.5. The average molecular weight is 335 g/mol. The molecule has 3 rings (SSSR count). The van der Waals surface area contributed by atoms with Crippen molar-refractivity contribution in [2.45, 2.75) is 68.1 Å². The molecule has 0 atom stereocenters. The van der Waals surface area contributed by atoms with Gasteiger partial charge in [0.15, 0.2) is 9.84 Å². The van der Waals surface area contributed by atoms with Gasteiger partial charge in [-0.2, -0.15) is 0 Å². The summed E-state index contributed by atoms with van der Waals surface area (Å²) in [4.78, 5) is 12.4. The summed E-state index contributed by atoms with van der Waals surface area (Å²) in [6.45, 7) is 0.471. The smallest absolute Gasteiger partial charge is 0.223 e. The summed E-state index contributed by atoms with van der Waals surface area (Å²) in [7, 11) is -3.19. The zero-order valence-corrected chi connectivity index (χ0v) is 14.3. The Morgan fingerprint density at radius 3 is 2.13 bits per heavy atom. The van der Waals surface area contributed by atoms with E-state index in [1.54, 1.807) is 12.1 Å². The summed E-state index contributed by atoms with van der Waals surface area (Å²) in [6, 6.07) is 7.00. The molecule has 126 valence electrons. The highest BCUT2D eigenvalue weighted by Crippen LogP contribution is 2.29. The summed E-state index contributed by atoms with van der Waals surface area (Å²) in [6.07, 6.45) is 7.85. The molecule has 0 radical (unpaired) electrons. The highest BCUT2D eigenvalue weighted by Gasteiger charge is 2.30. The van der Waals surface area contributed by atoms with Crippen molar-refractivity contribution in [3.8, 4) is 0 Å². The zero-order chi connectivity index (χ0) is 16.3. The third kappa shape index (κ3) is 3.77. The average Bonchev–Trinajstić information content (AvgIpc) is 3.25. The van der Waals surface area contributed by atoms with Gasteiger partial charge in [0.2, 0.25) is 5.91 Å². The van der Waals surface area contributed by atoms with Gasteiger partial charge in [0, 0.05) is 12.5 Å². The lowest BCUT2D eigenvalue weighted by Gasteiger charge is -2.13. The summed E-state index contributed by atoms with van der Waals surface area (Å²) < 4.78 is 25.0. The molecule has 1 N–H and O–H groups in total. The van der Waals surface area contributed by atoms with Gasteiger partial charge in [-0.1, -0.05) is 37.8 Å². The van der Waals surface area contributed by atoms with Crippen LogP contribution in [-0.4, -0.2) is 19.6 Å².